The van der Waals surface area contributed by atoms with Gasteiger partial charge in [0.2, 0.25) is 0 Å². The van der Waals surface area contributed by atoms with E-state index in [9.17, 15) is 9.90 Å². The standard InChI is InChI=1S/C15H10ClNO2/c16-13-8-10(9-17)6-7-12(13)15(19)14(18)11-4-2-1-3-5-11/h1-8,14,18H. The van der Waals surface area contributed by atoms with Crippen molar-refractivity contribution in [3.05, 3.63) is 70.2 Å². The number of benzene rings is 2. The minimum absolute atomic E-state index is 0.166. The van der Waals surface area contributed by atoms with Gasteiger partial charge < -0.3 is 5.11 Å². The molecular formula is C15H10ClNO2. The van der Waals surface area contributed by atoms with Crippen LogP contribution in [0.4, 0.5) is 0 Å². The first-order chi connectivity index (χ1) is 9.13. The second-order valence-corrected chi connectivity index (χ2v) is 4.39. The molecule has 0 spiro atoms. The maximum atomic E-state index is 12.1. The minimum Gasteiger partial charge on any atom is -0.380 e. The van der Waals surface area contributed by atoms with Crippen LogP contribution < -0.4 is 0 Å². The van der Waals surface area contributed by atoms with Crippen molar-refractivity contribution in [1.29, 1.82) is 5.26 Å². The Morgan fingerprint density at radius 1 is 1.21 bits per heavy atom. The number of carbonyl (C=O) groups is 1. The molecule has 0 aliphatic rings. The summed E-state index contributed by atoms with van der Waals surface area (Å²) in [6.07, 6.45) is -1.26. The van der Waals surface area contributed by atoms with E-state index >= 15 is 0 Å². The molecule has 0 aliphatic heterocycles. The van der Waals surface area contributed by atoms with Crippen LogP contribution in [-0.4, -0.2) is 10.9 Å². The van der Waals surface area contributed by atoms with E-state index in [1.54, 1.807) is 30.3 Å². The Bertz CT molecular complexity index is 647. The number of nitrogens with zero attached hydrogens (tertiary/aromatic N) is 1. The van der Waals surface area contributed by atoms with Gasteiger partial charge in [0.25, 0.3) is 0 Å². The number of halogens is 1. The summed E-state index contributed by atoms with van der Waals surface area (Å²) in [4.78, 5) is 12.1. The lowest BCUT2D eigenvalue weighted by molar-refractivity contribution is 0.0747. The summed E-state index contributed by atoms with van der Waals surface area (Å²) in [5.41, 5.74) is 1.08. The van der Waals surface area contributed by atoms with Gasteiger partial charge >= 0.3 is 0 Å². The van der Waals surface area contributed by atoms with Crippen molar-refractivity contribution >= 4 is 17.4 Å². The van der Waals surface area contributed by atoms with Gasteiger partial charge in [-0.25, -0.2) is 0 Å². The lowest BCUT2D eigenvalue weighted by atomic mass is 9.99. The highest BCUT2D eigenvalue weighted by Gasteiger charge is 2.21. The number of Topliss-reactive ketones (excluding diaryl/α,β-unsaturated/α-hetero) is 1. The average Bonchev–Trinajstić information content (AvgIpc) is 2.46. The van der Waals surface area contributed by atoms with E-state index in [2.05, 4.69) is 0 Å². The fourth-order valence-electron chi connectivity index (χ4n) is 1.72. The van der Waals surface area contributed by atoms with Crippen molar-refractivity contribution in [3.8, 4) is 6.07 Å². The Balaban J connectivity index is 2.33. The van der Waals surface area contributed by atoms with E-state index < -0.39 is 11.9 Å². The Kier molecular flexibility index (Phi) is 3.96. The van der Waals surface area contributed by atoms with Gasteiger partial charge in [0, 0.05) is 5.56 Å². The third-order valence-electron chi connectivity index (χ3n) is 2.73. The zero-order chi connectivity index (χ0) is 13.8. The predicted octanol–water partition coefficient (Wildman–Crippen LogP) is 3.13. The topological polar surface area (TPSA) is 61.1 Å². The maximum absolute atomic E-state index is 12.1. The van der Waals surface area contributed by atoms with Gasteiger partial charge in [-0.15, -0.1) is 0 Å². The lowest BCUT2D eigenvalue weighted by Gasteiger charge is -2.11. The van der Waals surface area contributed by atoms with E-state index in [1.165, 1.54) is 18.2 Å². The molecule has 0 bridgehead atoms. The Hall–Kier alpha value is -2.15. The highest BCUT2D eigenvalue weighted by molar-refractivity contribution is 6.34. The summed E-state index contributed by atoms with van der Waals surface area (Å²) in [7, 11) is 0. The number of hydrogen-bond donors (Lipinski definition) is 1. The number of nitriles is 1. The van der Waals surface area contributed by atoms with Crippen LogP contribution in [0, 0.1) is 11.3 Å². The molecule has 2 aromatic rings. The molecule has 0 amide bonds. The number of aliphatic hydroxyl groups excluding tert-OH is 1. The normalized spacial score (nSPS) is 11.6. The predicted molar refractivity (Wildman–Crippen MR) is 71.9 cm³/mol. The van der Waals surface area contributed by atoms with Crippen LogP contribution in [-0.2, 0) is 0 Å². The van der Waals surface area contributed by atoms with Gasteiger partial charge in [0.05, 0.1) is 16.7 Å². The second kappa shape index (κ2) is 5.66. The number of carbonyl (C=O) groups excluding carboxylic acids is 1. The zero-order valence-corrected chi connectivity index (χ0v) is 10.6. The molecule has 0 aromatic heterocycles. The number of ketones is 1. The van der Waals surface area contributed by atoms with Crippen molar-refractivity contribution in [3.63, 3.8) is 0 Å². The summed E-state index contributed by atoms with van der Waals surface area (Å²) in [6.45, 7) is 0. The molecule has 2 aromatic carbocycles. The summed E-state index contributed by atoms with van der Waals surface area (Å²) in [6, 6.07) is 14.9. The monoisotopic (exact) mass is 271 g/mol. The van der Waals surface area contributed by atoms with Crippen molar-refractivity contribution in [2.45, 2.75) is 6.10 Å². The summed E-state index contributed by atoms with van der Waals surface area (Å²) in [5, 5.41) is 18.9. The van der Waals surface area contributed by atoms with Crippen LogP contribution in [0.5, 0.6) is 0 Å². The third kappa shape index (κ3) is 2.82. The molecule has 94 valence electrons. The molecule has 19 heavy (non-hydrogen) atoms. The molecule has 1 N–H and O–H groups in total. The van der Waals surface area contributed by atoms with Crippen LogP contribution >= 0.6 is 11.6 Å². The van der Waals surface area contributed by atoms with Crippen LogP contribution in [0.2, 0.25) is 5.02 Å². The molecule has 1 unspecified atom stereocenters. The van der Waals surface area contributed by atoms with Gasteiger partial charge in [-0.3, -0.25) is 4.79 Å². The quantitative estimate of drug-likeness (QED) is 0.873. The van der Waals surface area contributed by atoms with E-state index in [4.69, 9.17) is 16.9 Å². The van der Waals surface area contributed by atoms with Crippen molar-refractivity contribution in [2.24, 2.45) is 0 Å². The fraction of sp³-hybridized carbons (Fsp3) is 0.0667. The number of aliphatic hydroxyl groups is 1. The maximum Gasteiger partial charge on any atom is 0.197 e. The average molecular weight is 272 g/mol. The molecule has 0 saturated heterocycles. The molecular weight excluding hydrogens is 262 g/mol. The first-order valence-electron chi connectivity index (χ1n) is 5.60. The third-order valence-corrected chi connectivity index (χ3v) is 3.04. The Morgan fingerprint density at radius 3 is 2.47 bits per heavy atom. The Labute approximate surface area is 115 Å². The smallest absolute Gasteiger partial charge is 0.197 e. The van der Waals surface area contributed by atoms with Crippen molar-refractivity contribution in [2.75, 3.05) is 0 Å². The molecule has 4 heteroatoms. The molecule has 3 nitrogen and oxygen atoms in total. The SMILES string of the molecule is N#Cc1ccc(C(=O)C(O)c2ccccc2)c(Cl)c1. The van der Waals surface area contributed by atoms with Gasteiger partial charge in [-0.1, -0.05) is 41.9 Å². The molecule has 2 rings (SSSR count). The van der Waals surface area contributed by atoms with Gasteiger partial charge in [-0.05, 0) is 23.8 Å². The van der Waals surface area contributed by atoms with E-state index in [1.807, 2.05) is 6.07 Å². The van der Waals surface area contributed by atoms with E-state index in [0.717, 1.165) is 0 Å². The minimum atomic E-state index is -1.26. The lowest BCUT2D eigenvalue weighted by Crippen LogP contribution is -2.12. The first-order valence-corrected chi connectivity index (χ1v) is 5.98. The molecule has 0 radical (unpaired) electrons. The number of hydrogen-bond acceptors (Lipinski definition) is 3. The summed E-state index contributed by atoms with van der Waals surface area (Å²) < 4.78 is 0. The van der Waals surface area contributed by atoms with Crippen molar-refractivity contribution in [1.82, 2.24) is 0 Å². The van der Waals surface area contributed by atoms with Crippen LogP contribution in [0.15, 0.2) is 48.5 Å². The zero-order valence-electron chi connectivity index (χ0n) is 9.88. The fourth-order valence-corrected chi connectivity index (χ4v) is 1.99. The van der Waals surface area contributed by atoms with Crippen molar-refractivity contribution < 1.29 is 9.90 Å². The van der Waals surface area contributed by atoms with E-state index in [0.29, 0.717) is 11.1 Å². The molecule has 1 atom stereocenters. The molecule has 0 saturated carbocycles. The van der Waals surface area contributed by atoms with Crippen LogP contribution in [0.25, 0.3) is 0 Å². The second-order valence-electron chi connectivity index (χ2n) is 3.98. The molecule has 0 aliphatic carbocycles. The van der Waals surface area contributed by atoms with Gasteiger partial charge in [0.1, 0.15) is 6.10 Å². The van der Waals surface area contributed by atoms with Gasteiger partial charge in [-0.2, -0.15) is 5.26 Å². The first kappa shape index (κ1) is 13.3. The Morgan fingerprint density at radius 2 is 1.89 bits per heavy atom. The van der Waals surface area contributed by atoms with E-state index in [-0.39, 0.29) is 10.6 Å². The molecule has 0 fully saturated rings. The number of rotatable bonds is 3. The van der Waals surface area contributed by atoms with Gasteiger partial charge in [0.15, 0.2) is 5.78 Å². The largest absolute Gasteiger partial charge is 0.380 e. The highest BCUT2D eigenvalue weighted by Crippen LogP contribution is 2.24. The summed E-state index contributed by atoms with van der Waals surface area (Å²) >= 11 is 5.95. The highest BCUT2D eigenvalue weighted by atomic mass is 35.5. The molecule has 0 heterocycles. The van der Waals surface area contributed by atoms with Crippen LogP contribution in [0.3, 0.4) is 0 Å². The summed E-state index contributed by atoms with van der Waals surface area (Å²) in [5.74, 6) is -0.485. The van der Waals surface area contributed by atoms with Crippen LogP contribution in [0.1, 0.15) is 27.6 Å².